The highest BCUT2D eigenvalue weighted by Gasteiger charge is 2.25. The summed E-state index contributed by atoms with van der Waals surface area (Å²) in [7, 11) is 0. The fourth-order valence-electron chi connectivity index (χ4n) is 4.49. The molecule has 5 rings (SSSR count). The molecule has 2 aromatic carbocycles. The molecule has 0 radical (unpaired) electrons. The Morgan fingerprint density at radius 1 is 0.882 bits per heavy atom. The Morgan fingerprint density at radius 3 is 2.29 bits per heavy atom. The fraction of sp³-hybridized carbons (Fsp3) is 0.333. The van der Waals surface area contributed by atoms with Crippen LogP contribution >= 0.6 is 0 Å². The molecular formula is C27H30N6O. The highest BCUT2D eigenvalue weighted by atomic mass is 16.2. The van der Waals surface area contributed by atoms with E-state index in [1.54, 1.807) is 0 Å². The largest absolute Gasteiger partial charge is 0.352 e. The maximum Gasteiger partial charge on any atom is 0.223 e. The summed E-state index contributed by atoms with van der Waals surface area (Å²) in [6.45, 7) is 5.06. The summed E-state index contributed by atoms with van der Waals surface area (Å²) in [5.74, 6) is 1.98. The second-order valence-corrected chi connectivity index (χ2v) is 8.70. The summed E-state index contributed by atoms with van der Waals surface area (Å²) < 4.78 is 1.89. The molecule has 7 heteroatoms. The highest BCUT2D eigenvalue weighted by molar-refractivity contribution is 5.88. The molecule has 34 heavy (non-hydrogen) atoms. The molecule has 2 aromatic heterocycles. The molecule has 1 aliphatic heterocycles. The Labute approximate surface area is 200 Å². The number of benzene rings is 2. The molecular weight excluding hydrogens is 424 g/mol. The Morgan fingerprint density at radius 2 is 1.59 bits per heavy atom. The summed E-state index contributed by atoms with van der Waals surface area (Å²) in [4.78, 5) is 26.8. The zero-order valence-corrected chi connectivity index (χ0v) is 19.6. The lowest BCUT2D eigenvalue weighted by atomic mass is 10.1. The zero-order valence-electron chi connectivity index (χ0n) is 19.6. The number of aryl methyl sites for hydroxylation is 2. The Hall–Kier alpha value is -3.74. The lowest BCUT2D eigenvalue weighted by molar-refractivity contribution is -0.131. The van der Waals surface area contributed by atoms with Gasteiger partial charge in [0.1, 0.15) is 11.6 Å². The molecule has 0 bridgehead atoms. The predicted octanol–water partition coefficient (Wildman–Crippen LogP) is 4.05. The van der Waals surface area contributed by atoms with Crippen LogP contribution in [0.15, 0.2) is 66.9 Å². The van der Waals surface area contributed by atoms with E-state index >= 15 is 0 Å². The molecule has 3 heterocycles. The number of carbonyl (C=O) groups excluding carboxylic acids is 1. The molecule has 0 spiro atoms. The maximum absolute atomic E-state index is 12.8. The second-order valence-electron chi connectivity index (χ2n) is 8.70. The van der Waals surface area contributed by atoms with Gasteiger partial charge in [0.25, 0.3) is 0 Å². The smallest absolute Gasteiger partial charge is 0.223 e. The van der Waals surface area contributed by atoms with E-state index in [2.05, 4.69) is 29.1 Å². The summed E-state index contributed by atoms with van der Waals surface area (Å²) in [6, 6.07) is 20.3. The van der Waals surface area contributed by atoms with Gasteiger partial charge in [-0.3, -0.25) is 4.79 Å². The zero-order chi connectivity index (χ0) is 23.3. The maximum atomic E-state index is 12.8. The van der Waals surface area contributed by atoms with Crippen molar-refractivity contribution in [2.24, 2.45) is 0 Å². The molecule has 4 aromatic rings. The molecule has 0 atom stereocenters. The average Bonchev–Trinajstić information content (AvgIpc) is 3.32. The number of amides is 1. The number of carbonyl (C=O) groups is 1. The number of hydrogen-bond acceptors (Lipinski definition) is 5. The quantitative estimate of drug-likeness (QED) is 0.421. The first-order chi connectivity index (χ1) is 16.7. The highest BCUT2D eigenvalue weighted by Crippen LogP contribution is 2.27. The van der Waals surface area contributed by atoms with Crippen LogP contribution in [0, 0.1) is 0 Å². The standard InChI is InChI=1S/C27H30N6O/c1-2-9-24-29-26(23-20-28-33(27(23)30-24)22-12-7-4-8-13-22)32-18-16-31(17-19-32)25(34)15-14-21-10-5-3-6-11-21/h3-8,10-13,20H,2,9,14-19H2,1H3. The first-order valence-corrected chi connectivity index (χ1v) is 12.1. The third-order valence-electron chi connectivity index (χ3n) is 6.33. The third-order valence-corrected chi connectivity index (χ3v) is 6.33. The van der Waals surface area contributed by atoms with Gasteiger partial charge in [0.05, 0.1) is 17.3 Å². The summed E-state index contributed by atoms with van der Waals surface area (Å²) in [5.41, 5.74) is 3.02. The second kappa shape index (κ2) is 10.0. The van der Waals surface area contributed by atoms with Crippen molar-refractivity contribution < 1.29 is 4.79 Å². The van der Waals surface area contributed by atoms with Gasteiger partial charge in [0.15, 0.2) is 5.65 Å². The van der Waals surface area contributed by atoms with Crippen molar-refractivity contribution in [2.75, 3.05) is 31.1 Å². The molecule has 0 saturated carbocycles. The van der Waals surface area contributed by atoms with Crippen LogP contribution in [0.4, 0.5) is 5.82 Å². The molecule has 174 valence electrons. The van der Waals surface area contributed by atoms with Crippen molar-refractivity contribution in [3.63, 3.8) is 0 Å². The predicted molar refractivity (Wildman–Crippen MR) is 134 cm³/mol. The molecule has 0 N–H and O–H groups in total. The number of nitrogens with zero attached hydrogens (tertiary/aromatic N) is 6. The number of fused-ring (bicyclic) bond motifs is 1. The molecule has 1 amide bonds. The van der Waals surface area contributed by atoms with Crippen LogP contribution in [0.3, 0.4) is 0 Å². The number of rotatable bonds is 7. The van der Waals surface area contributed by atoms with E-state index in [0.717, 1.165) is 60.7 Å². The number of piperazine rings is 1. The van der Waals surface area contributed by atoms with Gasteiger partial charge in [-0.2, -0.15) is 5.10 Å². The number of hydrogen-bond donors (Lipinski definition) is 0. The van der Waals surface area contributed by atoms with Gasteiger partial charge in [-0.15, -0.1) is 0 Å². The lowest BCUT2D eigenvalue weighted by Gasteiger charge is -2.35. The van der Waals surface area contributed by atoms with Crippen molar-refractivity contribution >= 4 is 22.8 Å². The SMILES string of the molecule is CCCc1nc(N2CCN(C(=O)CCc3ccccc3)CC2)c2cnn(-c3ccccc3)c2n1. The van der Waals surface area contributed by atoms with Crippen LogP contribution in [0.2, 0.25) is 0 Å². The van der Waals surface area contributed by atoms with Gasteiger partial charge in [-0.1, -0.05) is 55.5 Å². The van der Waals surface area contributed by atoms with Crippen molar-refractivity contribution in [3.8, 4) is 5.69 Å². The molecule has 1 fully saturated rings. The van der Waals surface area contributed by atoms with Gasteiger partial charge in [0.2, 0.25) is 5.91 Å². The average molecular weight is 455 g/mol. The van der Waals surface area contributed by atoms with E-state index in [1.807, 2.05) is 64.3 Å². The van der Waals surface area contributed by atoms with Crippen LogP contribution in [0.25, 0.3) is 16.7 Å². The third kappa shape index (κ3) is 4.64. The Balaban J connectivity index is 1.33. The van der Waals surface area contributed by atoms with Crippen molar-refractivity contribution in [3.05, 3.63) is 78.2 Å². The number of para-hydroxylation sites is 1. The molecule has 1 saturated heterocycles. The summed E-state index contributed by atoms with van der Waals surface area (Å²) in [5, 5.41) is 5.59. The minimum Gasteiger partial charge on any atom is -0.352 e. The number of aromatic nitrogens is 4. The molecule has 0 aliphatic carbocycles. The van der Waals surface area contributed by atoms with E-state index in [0.29, 0.717) is 19.5 Å². The number of anilines is 1. The van der Waals surface area contributed by atoms with E-state index < -0.39 is 0 Å². The minimum absolute atomic E-state index is 0.222. The fourth-order valence-corrected chi connectivity index (χ4v) is 4.49. The summed E-state index contributed by atoms with van der Waals surface area (Å²) >= 11 is 0. The van der Waals surface area contributed by atoms with Gasteiger partial charge in [-0.05, 0) is 30.5 Å². The van der Waals surface area contributed by atoms with Crippen LogP contribution in [-0.4, -0.2) is 56.7 Å². The van der Waals surface area contributed by atoms with E-state index in [-0.39, 0.29) is 5.91 Å². The molecule has 1 aliphatic rings. The van der Waals surface area contributed by atoms with Gasteiger partial charge < -0.3 is 9.80 Å². The monoisotopic (exact) mass is 454 g/mol. The van der Waals surface area contributed by atoms with E-state index in [1.165, 1.54) is 5.56 Å². The van der Waals surface area contributed by atoms with Crippen LogP contribution in [0.5, 0.6) is 0 Å². The van der Waals surface area contributed by atoms with Crippen molar-refractivity contribution in [1.82, 2.24) is 24.6 Å². The van der Waals surface area contributed by atoms with Gasteiger partial charge in [-0.25, -0.2) is 14.6 Å². The van der Waals surface area contributed by atoms with Crippen LogP contribution in [0.1, 0.15) is 31.2 Å². The normalized spacial score (nSPS) is 14.0. The first-order valence-electron chi connectivity index (χ1n) is 12.1. The Kier molecular flexibility index (Phi) is 6.51. The Bertz CT molecular complexity index is 1250. The van der Waals surface area contributed by atoms with Crippen LogP contribution < -0.4 is 4.90 Å². The first kappa shape index (κ1) is 22.1. The summed E-state index contributed by atoms with van der Waals surface area (Å²) in [6.07, 6.45) is 5.00. The van der Waals surface area contributed by atoms with Crippen molar-refractivity contribution in [2.45, 2.75) is 32.6 Å². The van der Waals surface area contributed by atoms with Gasteiger partial charge in [0, 0.05) is 39.0 Å². The minimum atomic E-state index is 0.222. The lowest BCUT2D eigenvalue weighted by Crippen LogP contribution is -2.49. The van der Waals surface area contributed by atoms with E-state index in [9.17, 15) is 4.79 Å². The van der Waals surface area contributed by atoms with E-state index in [4.69, 9.17) is 9.97 Å². The molecule has 7 nitrogen and oxygen atoms in total. The molecule has 0 unspecified atom stereocenters. The van der Waals surface area contributed by atoms with Crippen LogP contribution in [-0.2, 0) is 17.6 Å². The topological polar surface area (TPSA) is 67.2 Å². The van der Waals surface area contributed by atoms with Crippen molar-refractivity contribution in [1.29, 1.82) is 0 Å². The van der Waals surface area contributed by atoms with Gasteiger partial charge >= 0.3 is 0 Å².